The Hall–Kier alpha value is -3.59. The Balaban J connectivity index is 1.78. The van der Waals surface area contributed by atoms with Crippen molar-refractivity contribution in [2.24, 2.45) is 4.99 Å². The van der Waals surface area contributed by atoms with Crippen molar-refractivity contribution in [1.29, 1.82) is 0 Å². The van der Waals surface area contributed by atoms with E-state index in [0.29, 0.717) is 43.2 Å². The fraction of sp³-hybridized carbons (Fsp3) is 0.500. The second-order valence-electron chi connectivity index (χ2n) is 10.5. The van der Waals surface area contributed by atoms with E-state index < -0.39 is 23.2 Å². The van der Waals surface area contributed by atoms with Crippen LogP contribution in [0.15, 0.2) is 53.5 Å². The van der Waals surface area contributed by atoms with Crippen LogP contribution in [0.4, 0.5) is 0 Å². The van der Waals surface area contributed by atoms with E-state index in [-0.39, 0.29) is 25.4 Å². The molecule has 0 aliphatic carbocycles. The lowest BCUT2D eigenvalue weighted by Crippen LogP contribution is -2.51. The lowest BCUT2D eigenvalue weighted by atomic mass is 9.87. The first-order valence-electron chi connectivity index (χ1n) is 13.3. The van der Waals surface area contributed by atoms with Crippen LogP contribution in [0.2, 0.25) is 0 Å². The van der Waals surface area contributed by atoms with Crippen LogP contribution < -0.4 is 14.8 Å². The number of nitrogens with zero attached hydrogens (tertiary/aromatic N) is 1. The van der Waals surface area contributed by atoms with Gasteiger partial charge >= 0.3 is 5.97 Å². The summed E-state index contributed by atoms with van der Waals surface area (Å²) in [6.45, 7) is 8.07. The molecule has 2 atom stereocenters. The summed E-state index contributed by atoms with van der Waals surface area (Å²) < 4.78 is 22.5. The number of aliphatic hydroxyl groups excluding tert-OH is 1. The molecule has 212 valence electrons. The third-order valence-electron chi connectivity index (χ3n) is 6.29. The van der Waals surface area contributed by atoms with E-state index in [0.717, 1.165) is 11.3 Å². The first-order valence-corrected chi connectivity index (χ1v) is 13.3. The van der Waals surface area contributed by atoms with Gasteiger partial charge in [-0.15, -0.1) is 0 Å². The number of benzene rings is 2. The van der Waals surface area contributed by atoms with Gasteiger partial charge in [-0.05, 0) is 82.5 Å². The minimum Gasteiger partial charge on any atom is -0.497 e. The highest BCUT2D eigenvalue weighted by molar-refractivity contribution is 6.00. The first-order chi connectivity index (χ1) is 18.6. The molecule has 2 aromatic rings. The van der Waals surface area contributed by atoms with Crippen LogP contribution in [0, 0.1) is 0 Å². The molecular formula is C30H40N2O7. The summed E-state index contributed by atoms with van der Waals surface area (Å²) in [4.78, 5) is 31.0. The highest BCUT2D eigenvalue weighted by atomic mass is 16.6. The summed E-state index contributed by atoms with van der Waals surface area (Å²) in [5.74, 6) is 1.04. The van der Waals surface area contributed by atoms with Crippen LogP contribution in [-0.2, 0) is 25.5 Å². The van der Waals surface area contributed by atoms with Gasteiger partial charge in [-0.1, -0.05) is 12.1 Å². The molecule has 0 saturated heterocycles. The Kier molecular flexibility index (Phi) is 10.3. The summed E-state index contributed by atoms with van der Waals surface area (Å²) in [6, 6.07) is 14.9. The van der Waals surface area contributed by atoms with Crippen molar-refractivity contribution < 1.29 is 33.6 Å². The number of rotatable bonds is 13. The summed E-state index contributed by atoms with van der Waals surface area (Å²) >= 11 is 0. The summed E-state index contributed by atoms with van der Waals surface area (Å²) in [5.41, 5.74) is -0.203. The average molecular weight is 541 g/mol. The zero-order chi connectivity index (χ0) is 28.5. The minimum absolute atomic E-state index is 0.0166. The zero-order valence-electron chi connectivity index (χ0n) is 23.5. The van der Waals surface area contributed by atoms with Gasteiger partial charge in [-0.25, -0.2) is 4.99 Å². The number of carbonyl (C=O) groups excluding carboxylic acids is 2. The number of amides is 1. The highest BCUT2D eigenvalue weighted by Crippen LogP contribution is 2.34. The third-order valence-corrected chi connectivity index (χ3v) is 6.29. The van der Waals surface area contributed by atoms with E-state index >= 15 is 0 Å². The van der Waals surface area contributed by atoms with Crippen molar-refractivity contribution >= 4 is 17.8 Å². The van der Waals surface area contributed by atoms with Gasteiger partial charge < -0.3 is 29.4 Å². The van der Waals surface area contributed by atoms with E-state index in [9.17, 15) is 9.59 Å². The lowest BCUT2D eigenvalue weighted by Gasteiger charge is -2.28. The van der Waals surface area contributed by atoms with Crippen LogP contribution in [0.1, 0.15) is 58.1 Å². The number of ether oxygens (including phenoxy) is 4. The molecule has 1 amide bonds. The molecule has 0 spiro atoms. The summed E-state index contributed by atoms with van der Waals surface area (Å²) in [6.07, 6.45) is 0.701. The van der Waals surface area contributed by atoms with Gasteiger partial charge in [0.05, 0.1) is 13.7 Å². The first kappa shape index (κ1) is 30.0. The van der Waals surface area contributed by atoms with E-state index in [1.165, 1.54) is 0 Å². The van der Waals surface area contributed by atoms with Gasteiger partial charge in [0.15, 0.2) is 5.54 Å². The van der Waals surface area contributed by atoms with Gasteiger partial charge in [-0.3, -0.25) is 9.59 Å². The fourth-order valence-corrected chi connectivity index (χ4v) is 4.24. The van der Waals surface area contributed by atoms with Crippen LogP contribution in [0.25, 0.3) is 0 Å². The van der Waals surface area contributed by atoms with Crippen molar-refractivity contribution in [2.75, 3.05) is 26.9 Å². The van der Waals surface area contributed by atoms with Crippen molar-refractivity contribution in [1.82, 2.24) is 5.32 Å². The number of hydrogen-bond donors (Lipinski definition) is 2. The molecule has 0 radical (unpaired) electrons. The predicted octanol–water partition coefficient (Wildman–Crippen LogP) is 3.84. The summed E-state index contributed by atoms with van der Waals surface area (Å²) in [5, 5.41) is 11.9. The second kappa shape index (κ2) is 13.5. The molecule has 39 heavy (non-hydrogen) atoms. The topological polar surface area (TPSA) is 116 Å². The molecule has 0 saturated carbocycles. The number of nitrogens with one attached hydrogen (secondary N) is 1. The van der Waals surface area contributed by atoms with Crippen molar-refractivity contribution in [3.63, 3.8) is 0 Å². The smallest absolute Gasteiger partial charge is 0.306 e. The van der Waals surface area contributed by atoms with Crippen molar-refractivity contribution in [2.45, 2.75) is 70.6 Å². The molecule has 0 fully saturated rings. The van der Waals surface area contributed by atoms with Gasteiger partial charge in [0.2, 0.25) is 5.90 Å². The predicted molar refractivity (Wildman–Crippen MR) is 148 cm³/mol. The van der Waals surface area contributed by atoms with E-state index in [1.54, 1.807) is 46.9 Å². The average Bonchev–Trinajstić information content (AvgIpc) is 3.24. The molecule has 9 nitrogen and oxygen atoms in total. The van der Waals surface area contributed by atoms with Crippen molar-refractivity contribution in [3.05, 3.63) is 59.7 Å². The second-order valence-corrected chi connectivity index (χ2v) is 10.5. The maximum atomic E-state index is 13.7. The number of aliphatic imine (C=N–C) groups is 1. The third kappa shape index (κ3) is 8.45. The standard InChI is InChI=1S/C30H40N2O7/c1-21-30(16-14-26(34)39-29(2,3)4,28(35)31-17-15-22-8-6-9-25(20-22)36-5)32-27(38-21)23-10-12-24(13-11-23)37-19-7-18-33/h6,8-13,20-21,33H,7,14-19H2,1-5H3,(H,31,35)/t21-,30-/m1/s1. The monoisotopic (exact) mass is 540 g/mol. The molecule has 0 aromatic heterocycles. The molecule has 9 heteroatoms. The van der Waals surface area contributed by atoms with Gasteiger partial charge in [0.1, 0.15) is 23.2 Å². The minimum atomic E-state index is -1.29. The van der Waals surface area contributed by atoms with E-state index in [1.807, 2.05) is 36.4 Å². The fourth-order valence-electron chi connectivity index (χ4n) is 4.24. The maximum Gasteiger partial charge on any atom is 0.306 e. The number of methoxy groups -OCH3 is 1. The highest BCUT2D eigenvalue weighted by Gasteiger charge is 2.50. The largest absolute Gasteiger partial charge is 0.497 e. The molecule has 0 unspecified atom stereocenters. The Labute approximate surface area is 230 Å². The molecule has 2 aromatic carbocycles. The molecule has 1 aliphatic heterocycles. The number of aliphatic hydroxyl groups is 1. The van der Waals surface area contributed by atoms with Crippen LogP contribution >= 0.6 is 0 Å². The molecular weight excluding hydrogens is 500 g/mol. The van der Waals surface area contributed by atoms with Crippen LogP contribution in [0.5, 0.6) is 11.5 Å². The van der Waals surface area contributed by atoms with E-state index in [2.05, 4.69) is 5.32 Å². The Bertz CT molecular complexity index is 1140. The maximum absolute atomic E-state index is 13.7. The lowest BCUT2D eigenvalue weighted by molar-refractivity contribution is -0.155. The van der Waals surface area contributed by atoms with Crippen LogP contribution in [-0.4, -0.2) is 67.0 Å². The molecule has 0 bridgehead atoms. The zero-order valence-corrected chi connectivity index (χ0v) is 23.5. The Morgan fingerprint density at radius 1 is 1.13 bits per heavy atom. The van der Waals surface area contributed by atoms with Crippen molar-refractivity contribution in [3.8, 4) is 11.5 Å². The number of hydrogen-bond acceptors (Lipinski definition) is 8. The summed E-state index contributed by atoms with van der Waals surface area (Å²) in [7, 11) is 1.62. The molecule has 1 aliphatic rings. The van der Waals surface area contributed by atoms with Gasteiger partial charge in [0, 0.05) is 31.6 Å². The van der Waals surface area contributed by atoms with Crippen LogP contribution in [0.3, 0.4) is 0 Å². The quantitative estimate of drug-likeness (QED) is 0.293. The number of esters is 1. The SMILES string of the molecule is COc1cccc(CCNC(=O)[C@]2(CCC(=O)OC(C)(C)C)N=C(c3ccc(OCCCO)cc3)O[C@@H]2C)c1. The van der Waals surface area contributed by atoms with E-state index in [4.69, 9.17) is 29.0 Å². The Morgan fingerprint density at radius 3 is 2.54 bits per heavy atom. The molecule has 2 N–H and O–H groups in total. The Morgan fingerprint density at radius 2 is 1.87 bits per heavy atom. The molecule has 3 rings (SSSR count). The number of carbonyl (C=O) groups is 2. The van der Waals surface area contributed by atoms with Gasteiger partial charge in [-0.2, -0.15) is 0 Å². The normalized spacial score (nSPS) is 18.6. The molecule has 1 heterocycles. The van der Waals surface area contributed by atoms with Gasteiger partial charge in [0.25, 0.3) is 5.91 Å².